The Kier molecular flexibility index (Phi) is 3.30. The minimum absolute atomic E-state index is 0.120. The van der Waals surface area contributed by atoms with Crippen LogP contribution in [0.5, 0.6) is 0 Å². The lowest BCUT2D eigenvalue weighted by Crippen LogP contribution is -2.32. The summed E-state index contributed by atoms with van der Waals surface area (Å²) in [7, 11) is -1.08. The Morgan fingerprint density at radius 3 is 2.85 bits per heavy atom. The van der Waals surface area contributed by atoms with Gasteiger partial charge in [0, 0.05) is 13.1 Å². The normalized spacial score (nSPS) is 26.5. The Morgan fingerprint density at radius 1 is 1.35 bits per heavy atom. The van der Waals surface area contributed by atoms with Gasteiger partial charge in [-0.1, -0.05) is 12.1 Å². The van der Waals surface area contributed by atoms with E-state index in [1.54, 1.807) is 0 Å². The number of benzene rings is 1. The van der Waals surface area contributed by atoms with Crippen molar-refractivity contribution in [3.8, 4) is 0 Å². The van der Waals surface area contributed by atoms with Gasteiger partial charge in [0.2, 0.25) is 0 Å². The van der Waals surface area contributed by atoms with Gasteiger partial charge in [-0.15, -0.1) is 0 Å². The summed E-state index contributed by atoms with van der Waals surface area (Å²) in [5, 5.41) is 3.39. The summed E-state index contributed by atoms with van der Waals surface area (Å²) >= 11 is 0. The maximum Gasteiger partial charge on any atom is 0.152 e. The number of nitrogens with zero attached hydrogens (tertiary/aromatic N) is 2. The van der Waals surface area contributed by atoms with E-state index in [0.717, 1.165) is 16.9 Å². The van der Waals surface area contributed by atoms with Crippen molar-refractivity contribution in [1.29, 1.82) is 0 Å². The first-order chi connectivity index (χ1) is 9.46. The van der Waals surface area contributed by atoms with Gasteiger partial charge in [-0.05, 0) is 25.5 Å². The summed E-state index contributed by atoms with van der Waals surface area (Å²) in [6, 6.07) is 7.80. The number of para-hydroxylation sites is 2. The molecule has 2 unspecified atom stereocenters. The Bertz CT molecular complexity index is 736. The standard InChI is InChI=1S/C14H19N3O2S/c1-10-7-8-20(18,19)9-12(15-10)14-16-11-5-3-4-6-13(11)17(14)2/h3-6,10,12,15H,7-9H2,1-2H3. The summed E-state index contributed by atoms with van der Waals surface area (Å²) in [4.78, 5) is 4.61. The fourth-order valence-corrected chi connectivity index (χ4v) is 4.43. The third-order valence-electron chi connectivity index (χ3n) is 3.90. The molecular weight excluding hydrogens is 274 g/mol. The molecule has 6 heteroatoms. The third-order valence-corrected chi connectivity index (χ3v) is 5.60. The summed E-state index contributed by atoms with van der Waals surface area (Å²) in [5.74, 6) is 1.17. The minimum atomic E-state index is -3.02. The maximum atomic E-state index is 12.0. The number of imidazole rings is 1. The van der Waals surface area contributed by atoms with Gasteiger partial charge in [0.1, 0.15) is 5.82 Å². The monoisotopic (exact) mass is 293 g/mol. The summed E-state index contributed by atoms with van der Waals surface area (Å²) in [5.41, 5.74) is 1.93. The average molecular weight is 293 g/mol. The molecule has 5 nitrogen and oxygen atoms in total. The van der Waals surface area contributed by atoms with E-state index < -0.39 is 9.84 Å². The highest BCUT2D eigenvalue weighted by Crippen LogP contribution is 2.23. The van der Waals surface area contributed by atoms with E-state index >= 15 is 0 Å². The van der Waals surface area contributed by atoms with Crippen LogP contribution < -0.4 is 5.32 Å². The highest BCUT2D eigenvalue weighted by Gasteiger charge is 2.29. The molecule has 2 atom stereocenters. The topological polar surface area (TPSA) is 64.0 Å². The first-order valence-corrected chi connectivity index (χ1v) is 8.66. The fraction of sp³-hybridized carbons (Fsp3) is 0.500. The number of sulfone groups is 1. The molecule has 0 amide bonds. The molecule has 20 heavy (non-hydrogen) atoms. The van der Waals surface area contributed by atoms with Crippen molar-refractivity contribution >= 4 is 20.9 Å². The molecule has 1 aliphatic heterocycles. The number of aryl methyl sites for hydroxylation is 1. The van der Waals surface area contributed by atoms with Crippen molar-refractivity contribution in [2.45, 2.75) is 25.4 Å². The number of rotatable bonds is 1. The highest BCUT2D eigenvalue weighted by atomic mass is 32.2. The van der Waals surface area contributed by atoms with Crippen LogP contribution in [-0.2, 0) is 16.9 Å². The van der Waals surface area contributed by atoms with Crippen LogP contribution >= 0.6 is 0 Å². The molecule has 1 aliphatic rings. The third kappa shape index (κ3) is 2.45. The molecule has 0 aliphatic carbocycles. The number of hydrogen-bond acceptors (Lipinski definition) is 4. The SMILES string of the molecule is CC1CCS(=O)(=O)CC(c2nc3ccccc3n2C)N1. The van der Waals surface area contributed by atoms with Crippen molar-refractivity contribution in [3.05, 3.63) is 30.1 Å². The van der Waals surface area contributed by atoms with Gasteiger partial charge in [0.15, 0.2) is 9.84 Å². The first-order valence-electron chi connectivity index (χ1n) is 6.84. The van der Waals surface area contributed by atoms with Crippen LogP contribution in [0, 0.1) is 0 Å². The van der Waals surface area contributed by atoms with Gasteiger partial charge < -0.3 is 9.88 Å². The van der Waals surface area contributed by atoms with E-state index in [-0.39, 0.29) is 23.6 Å². The summed E-state index contributed by atoms with van der Waals surface area (Å²) in [6.07, 6.45) is 0.656. The largest absolute Gasteiger partial charge is 0.330 e. The van der Waals surface area contributed by atoms with Gasteiger partial charge in [0.25, 0.3) is 0 Å². The van der Waals surface area contributed by atoms with Gasteiger partial charge in [0.05, 0.1) is 28.6 Å². The molecule has 1 saturated heterocycles. The van der Waals surface area contributed by atoms with Crippen LogP contribution in [0.25, 0.3) is 11.0 Å². The van der Waals surface area contributed by atoms with Crippen LogP contribution in [-0.4, -0.2) is 35.5 Å². The highest BCUT2D eigenvalue weighted by molar-refractivity contribution is 7.91. The second kappa shape index (κ2) is 4.86. The lowest BCUT2D eigenvalue weighted by atomic mass is 10.2. The minimum Gasteiger partial charge on any atom is -0.330 e. The van der Waals surface area contributed by atoms with E-state index in [0.29, 0.717) is 6.42 Å². The van der Waals surface area contributed by atoms with Gasteiger partial charge >= 0.3 is 0 Å². The van der Waals surface area contributed by atoms with Crippen LogP contribution in [0.3, 0.4) is 0 Å². The zero-order valence-corrected chi connectivity index (χ0v) is 12.5. The predicted molar refractivity (Wildman–Crippen MR) is 79.3 cm³/mol. The Labute approximate surface area is 118 Å². The van der Waals surface area contributed by atoms with E-state index in [1.807, 2.05) is 42.8 Å². The van der Waals surface area contributed by atoms with Crippen LogP contribution in [0.15, 0.2) is 24.3 Å². The molecule has 1 aromatic carbocycles. The number of hydrogen-bond donors (Lipinski definition) is 1. The quantitative estimate of drug-likeness (QED) is 0.863. The number of aromatic nitrogens is 2. The molecule has 2 heterocycles. The molecule has 108 valence electrons. The van der Waals surface area contributed by atoms with Gasteiger partial charge in [-0.25, -0.2) is 13.4 Å². The van der Waals surface area contributed by atoms with E-state index in [1.165, 1.54) is 0 Å². The van der Waals surface area contributed by atoms with Crippen molar-refractivity contribution in [3.63, 3.8) is 0 Å². The number of nitrogens with one attached hydrogen (secondary N) is 1. The van der Waals surface area contributed by atoms with Gasteiger partial charge in [-0.2, -0.15) is 0 Å². The summed E-state index contributed by atoms with van der Waals surface area (Å²) < 4.78 is 26.1. The van der Waals surface area contributed by atoms with Crippen LogP contribution in [0.1, 0.15) is 25.2 Å². The van der Waals surface area contributed by atoms with Crippen LogP contribution in [0.4, 0.5) is 0 Å². The Balaban J connectivity index is 2.06. The molecule has 1 N–H and O–H groups in total. The Hall–Kier alpha value is -1.40. The van der Waals surface area contributed by atoms with Crippen molar-refractivity contribution < 1.29 is 8.42 Å². The second-order valence-electron chi connectivity index (χ2n) is 5.54. The first kappa shape index (κ1) is 13.6. The smallest absolute Gasteiger partial charge is 0.152 e. The fourth-order valence-electron chi connectivity index (χ4n) is 2.79. The van der Waals surface area contributed by atoms with E-state index in [4.69, 9.17) is 0 Å². The molecule has 0 spiro atoms. The predicted octanol–water partition coefficient (Wildman–Crippen LogP) is 1.41. The van der Waals surface area contributed by atoms with E-state index in [2.05, 4.69) is 10.3 Å². The van der Waals surface area contributed by atoms with E-state index in [9.17, 15) is 8.42 Å². The lowest BCUT2D eigenvalue weighted by Gasteiger charge is -2.18. The van der Waals surface area contributed by atoms with Crippen LogP contribution in [0.2, 0.25) is 0 Å². The average Bonchev–Trinajstić information content (AvgIpc) is 2.66. The summed E-state index contributed by atoms with van der Waals surface area (Å²) in [6.45, 7) is 2.02. The molecular formula is C14H19N3O2S. The Morgan fingerprint density at radius 2 is 2.10 bits per heavy atom. The zero-order valence-electron chi connectivity index (χ0n) is 11.7. The second-order valence-corrected chi connectivity index (χ2v) is 7.77. The molecule has 3 rings (SSSR count). The van der Waals surface area contributed by atoms with Crippen molar-refractivity contribution in [2.75, 3.05) is 11.5 Å². The van der Waals surface area contributed by atoms with Crippen molar-refractivity contribution in [1.82, 2.24) is 14.9 Å². The molecule has 1 aromatic heterocycles. The lowest BCUT2D eigenvalue weighted by molar-refractivity contribution is 0.462. The van der Waals surface area contributed by atoms with Crippen molar-refractivity contribution in [2.24, 2.45) is 7.05 Å². The molecule has 2 aromatic rings. The van der Waals surface area contributed by atoms with Gasteiger partial charge in [-0.3, -0.25) is 0 Å². The molecule has 0 bridgehead atoms. The molecule has 0 radical (unpaired) electrons. The molecule has 1 fully saturated rings. The molecule has 0 saturated carbocycles. The zero-order chi connectivity index (χ0) is 14.3. The number of fused-ring (bicyclic) bond motifs is 1. The maximum absolute atomic E-state index is 12.0.